The standard InChI is InChI=1S/C10H6F2N4/c11-9-4-7(2-1-3-15-16-14)5-10(12)8(9)6-13/h1-2,4-5H,3H2. The number of rotatable bonds is 3. The maximum atomic E-state index is 13.1. The topological polar surface area (TPSA) is 72.5 Å². The fourth-order valence-electron chi connectivity index (χ4n) is 1.07. The maximum absolute atomic E-state index is 13.1. The number of azide groups is 1. The summed E-state index contributed by atoms with van der Waals surface area (Å²) < 4.78 is 26.2. The van der Waals surface area contributed by atoms with Gasteiger partial charge in [-0.3, -0.25) is 0 Å². The summed E-state index contributed by atoms with van der Waals surface area (Å²) in [6, 6.07) is 3.50. The molecule has 0 heterocycles. The lowest BCUT2D eigenvalue weighted by Crippen LogP contribution is -1.91. The van der Waals surface area contributed by atoms with E-state index in [1.807, 2.05) is 0 Å². The lowest BCUT2D eigenvalue weighted by Gasteiger charge is -1.98. The van der Waals surface area contributed by atoms with Crippen molar-refractivity contribution in [3.63, 3.8) is 0 Å². The summed E-state index contributed by atoms with van der Waals surface area (Å²) in [6.45, 7) is 0.0970. The van der Waals surface area contributed by atoms with E-state index in [9.17, 15) is 8.78 Å². The van der Waals surface area contributed by atoms with Gasteiger partial charge < -0.3 is 0 Å². The van der Waals surface area contributed by atoms with E-state index in [4.69, 9.17) is 10.8 Å². The molecule has 6 heteroatoms. The minimum absolute atomic E-state index is 0.0970. The number of benzene rings is 1. The Kier molecular flexibility index (Phi) is 4.01. The second kappa shape index (κ2) is 5.49. The molecule has 0 aliphatic heterocycles. The van der Waals surface area contributed by atoms with E-state index in [0.29, 0.717) is 0 Å². The van der Waals surface area contributed by atoms with Crippen molar-refractivity contribution in [2.24, 2.45) is 5.11 Å². The molecular formula is C10H6F2N4. The second-order valence-electron chi connectivity index (χ2n) is 2.79. The summed E-state index contributed by atoms with van der Waals surface area (Å²) in [5.74, 6) is -1.82. The molecule has 1 aromatic carbocycles. The Morgan fingerprint density at radius 2 is 2.06 bits per heavy atom. The van der Waals surface area contributed by atoms with E-state index in [2.05, 4.69) is 10.0 Å². The van der Waals surface area contributed by atoms with Crippen molar-refractivity contribution in [3.05, 3.63) is 51.4 Å². The molecule has 0 unspecified atom stereocenters. The zero-order valence-corrected chi connectivity index (χ0v) is 8.06. The van der Waals surface area contributed by atoms with Crippen molar-refractivity contribution in [3.8, 4) is 6.07 Å². The molecule has 0 fully saturated rings. The van der Waals surface area contributed by atoms with Crippen LogP contribution >= 0.6 is 0 Å². The van der Waals surface area contributed by atoms with Crippen molar-refractivity contribution in [1.29, 1.82) is 5.26 Å². The van der Waals surface area contributed by atoms with Gasteiger partial charge in [-0.2, -0.15) is 5.26 Å². The molecule has 0 aromatic heterocycles. The SMILES string of the molecule is N#Cc1c(F)cc(C=CCN=[N+]=[N-])cc1F. The first-order chi connectivity index (χ1) is 7.69. The zero-order valence-electron chi connectivity index (χ0n) is 8.06. The van der Waals surface area contributed by atoms with Crippen LogP contribution in [0.2, 0.25) is 0 Å². The van der Waals surface area contributed by atoms with Gasteiger partial charge >= 0.3 is 0 Å². The molecule has 80 valence electrons. The summed E-state index contributed by atoms with van der Waals surface area (Å²) in [5, 5.41) is 11.7. The van der Waals surface area contributed by atoms with Gasteiger partial charge in [0.2, 0.25) is 0 Å². The first-order valence-corrected chi connectivity index (χ1v) is 4.25. The zero-order chi connectivity index (χ0) is 12.0. The summed E-state index contributed by atoms with van der Waals surface area (Å²) in [5.41, 5.74) is 7.65. The summed E-state index contributed by atoms with van der Waals surface area (Å²) in [4.78, 5) is 2.51. The summed E-state index contributed by atoms with van der Waals surface area (Å²) >= 11 is 0. The first-order valence-electron chi connectivity index (χ1n) is 4.25. The highest BCUT2D eigenvalue weighted by Gasteiger charge is 2.08. The normalized spacial score (nSPS) is 9.81. The number of halogens is 2. The molecule has 1 aromatic rings. The predicted molar refractivity (Wildman–Crippen MR) is 54.1 cm³/mol. The highest BCUT2D eigenvalue weighted by Crippen LogP contribution is 2.15. The Labute approximate surface area is 90.1 Å². The van der Waals surface area contributed by atoms with Crippen LogP contribution in [0.15, 0.2) is 23.3 Å². The van der Waals surface area contributed by atoms with Crippen molar-refractivity contribution in [2.75, 3.05) is 6.54 Å². The van der Waals surface area contributed by atoms with E-state index in [1.54, 1.807) is 0 Å². The van der Waals surface area contributed by atoms with Gasteiger partial charge in [-0.1, -0.05) is 17.3 Å². The molecule has 0 radical (unpaired) electrons. The Bertz CT molecular complexity index is 487. The van der Waals surface area contributed by atoms with Crippen molar-refractivity contribution >= 4 is 6.08 Å². The number of hydrogen-bond acceptors (Lipinski definition) is 2. The van der Waals surface area contributed by atoms with Gasteiger partial charge in [0.1, 0.15) is 23.3 Å². The van der Waals surface area contributed by atoms with Crippen LogP contribution in [-0.2, 0) is 0 Å². The van der Waals surface area contributed by atoms with Gasteiger partial charge in [0, 0.05) is 11.5 Å². The van der Waals surface area contributed by atoms with E-state index in [-0.39, 0.29) is 12.1 Å². The third-order valence-electron chi connectivity index (χ3n) is 1.74. The minimum atomic E-state index is -0.911. The van der Waals surface area contributed by atoms with Gasteiger partial charge in [0.15, 0.2) is 0 Å². The lowest BCUT2D eigenvalue weighted by atomic mass is 10.1. The molecule has 0 saturated carbocycles. The average molecular weight is 220 g/mol. The van der Waals surface area contributed by atoms with E-state index >= 15 is 0 Å². The van der Waals surface area contributed by atoms with Crippen LogP contribution in [0.4, 0.5) is 8.78 Å². The fourth-order valence-corrected chi connectivity index (χ4v) is 1.07. The molecule has 0 spiro atoms. The molecule has 0 atom stereocenters. The van der Waals surface area contributed by atoms with Crippen molar-refractivity contribution in [1.82, 2.24) is 0 Å². The molecule has 0 aliphatic rings. The van der Waals surface area contributed by atoms with Crippen LogP contribution in [-0.4, -0.2) is 6.54 Å². The molecule has 0 bridgehead atoms. The highest BCUT2D eigenvalue weighted by atomic mass is 19.1. The van der Waals surface area contributed by atoms with Crippen LogP contribution in [0.1, 0.15) is 11.1 Å². The van der Waals surface area contributed by atoms with Crippen LogP contribution in [0.3, 0.4) is 0 Å². The van der Waals surface area contributed by atoms with Crippen LogP contribution in [0.5, 0.6) is 0 Å². The van der Waals surface area contributed by atoms with Crippen LogP contribution in [0, 0.1) is 23.0 Å². The molecular weight excluding hydrogens is 214 g/mol. The monoisotopic (exact) mass is 220 g/mol. The third-order valence-corrected chi connectivity index (χ3v) is 1.74. The molecule has 0 amide bonds. The Hall–Kier alpha value is -2.38. The quantitative estimate of drug-likeness (QED) is 0.438. The van der Waals surface area contributed by atoms with Crippen LogP contribution in [0.25, 0.3) is 16.5 Å². The van der Waals surface area contributed by atoms with Gasteiger partial charge in [-0.25, -0.2) is 8.78 Å². The smallest absolute Gasteiger partial charge is 0.144 e. The molecule has 0 N–H and O–H groups in total. The molecule has 16 heavy (non-hydrogen) atoms. The number of hydrogen-bond donors (Lipinski definition) is 0. The second-order valence-corrected chi connectivity index (χ2v) is 2.79. The average Bonchev–Trinajstić information content (AvgIpc) is 2.24. The van der Waals surface area contributed by atoms with Crippen molar-refractivity contribution in [2.45, 2.75) is 0 Å². The molecule has 0 aliphatic carbocycles. The van der Waals surface area contributed by atoms with Crippen molar-refractivity contribution < 1.29 is 8.78 Å². The third kappa shape index (κ3) is 2.80. The van der Waals surface area contributed by atoms with Gasteiger partial charge in [0.25, 0.3) is 0 Å². The Balaban J connectivity index is 2.97. The molecule has 0 saturated heterocycles. The van der Waals surface area contributed by atoms with E-state index < -0.39 is 17.2 Å². The number of nitriles is 1. The predicted octanol–water partition coefficient (Wildman–Crippen LogP) is 3.16. The number of nitrogens with zero attached hydrogens (tertiary/aromatic N) is 4. The molecule has 1 rings (SSSR count). The van der Waals surface area contributed by atoms with Gasteiger partial charge in [0.05, 0.1) is 0 Å². The minimum Gasteiger partial charge on any atom is -0.205 e. The largest absolute Gasteiger partial charge is 0.205 e. The summed E-state index contributed by atoms with van der Waals surface area (Å²) in [7, 11) is 0. The van der Waals surface area contributed by atoms with Gasteiger partial charge in [-0.05, 0) is 23.2 Å². The van der Waals surface area contributed by atoms with Gasteiger partial charge in [-0.15, -0.1) is 0 Å². The maximum Gasteiger partial charge on any atom is 0.144 e. The fraction of sp³-hybridized carbons (Fsp3) is 0.100. The first kappa shape index (κ1) is 11.7. The summed E-state index contributed by atoms with van der Waals surface area (Å²) in [6.07, 6.45) is 2.86. The lowest BCUT2D eigenvalue weighted by molar-refractivity contribution is 0.576. The highest BCUT2D eigenvalue weighted by molar-refractivity contribution is 5.52. The van der Waals surface area contributed by atoms with E-state index in [0.717, 1.165) is 12.1 Å². The Morgan fingerprint density at radius 3 is 2.56 bits per heavy atom. The van der Waals surface area contributed by atoms with Crippen LogP contribution < -0.4 is 0 Å². The Morgan fingerprint density at radius 1 is 1.44 bits per heavy atom. The van der Waals surface area contributed by atoms with E-state index in [1.165, 1.54) is 18.2 Å². The molecule has 4 nitrogen and oxygen atoms in total.